The van der Waals surface area contributed by atoms with E-state index in [4.69, 9.17) is 9.84 Å². The van der Waals surface area contributed by atoms with Crippen LogP contribution in [-0.2, 0) is 16.0 Å². The zero-order valence-electron chi connectivity index (χ0n) is 12.5. The van der Waals surface area contributed by atoms with Crippen LogP contribution in [0.3, 0.4) is 0 Å². The molecule has 0 saturated carbocycles. The van der Waals surface area contributed by atoms with Crippen molar-refractivity contribution < 1.29 is 19.4 Å². The fraction of sp³-hybridized carbons (Fsp3) is 0.467. The first-order valence-electron chi connectivity index (χ1n) is 6.92. The summed E-state index contributed by atoms with van der Waals surface area (Å²) in [6.07, 6.45) is 2.06. The van der Waals surface area contributed by atoms with Crippen LogP contribution in [0.1, 0.15) is 18.9 Å². The standard InChI is InChI=1S/C15H22N2O4/c1-3-4-12-5-7-13(8-6-12)16-15(20)17(9-10-21-2)11-14(18)19/h5-8H,3-4,9-11H2,1-2H3,(H,16,20)(H,18,19). The number of carbonyl (C=O) groups is 2. The minimum Gasteiger partial charge on any atom is -0.480 e. The monoisotopic (exact) mass is 294 g/mol. The normalized spacial score (nSPS) is 10.2. The summed E-state index contributed by atoms with van der Waals surface area (Å²) in [5.74, 6) is -1.06. The SMILES string of the molecule is CCCc1ccc(NC(=O)N(CCOC)CC(=O)O)cc1. The van der Waals surface area contributed by atoms with Gasteiger partial charge in [-0.1, -0.05) is 25.5 Å². The number of aliphatic carboxylic acids is 1. The number of urea groups is 1. The Morgan fingerprint density at radius 3 is 2.48 bits per heavy atom. The third-order valence-electron chi connectivity index (χ3n) is 2.92. The molecule has 1 rings (SSSR count). The lowest BCUT2D eigenvalue weighted by Crippen LogP contribution is -2.40. The Kier molecular flexibility index (Phi) is 7.25. The number of aryl methyl sites for hydroxylation is 1. The molecule has 0 bridgehead atoms. The van der Waals surface area contributed by atoms with E-state index in [2.05, 4.69) is 12.2 Å². The molecule has 0 radical (unpaired) electrons. The number of anilines is 1. The number of carbonyl (C=O) groups excluding carboxylic acids is 1. The van der Waals surface area contributed by atoms with Crippen molar-refractivity contribution in [3.8, 4) is 0 Å². The van der Waals surface area contributed by atoms with Crippen LogP contribution in [0.15, 0.2) is 24.3 Å². The van der Waals surface area contributed by atoms with Crippen molar-refractivity contribution in [2.24, 2.45) is 0 Å². The van der Waals surface area contributed by atoms with Crippen LogP contribution in [0.5, 0.6) is 0 Å². The predicted molar refractivity (Wildman–Crippen MR) is 80.5 cm³/mol. The Hall–Kier alpha value is -2.08. The lowest BCUT2D eigenvalue weighted by molar-refractivity contribution is -0.137. The highest BCUT2D eigenvalue weighted by atomic mass is 16.5. The average Bonchev–Trinajstić information content (AvgIpc) is 2.45. The van der Waals surface area contributed by atoms with Gasteiger partial charge in [-0.15, -0.1) is 0 Å². The summed E-state index contributed by atoms with van der Waals surface area (Å²) < 4.78 is 4.88. The summed E-state index contributed by atoms with van der Waals surface area (Å²) in [4.78, 5) is 24.0. The number of ether oxygens (including phenoxy) is 1. The second kappa shape index (κ2) is 8.97. The third-order valence-corrected chi connectivity index (χ3v) is 2.92. The summed E-state index contributed by atoms with van der Waals surface area (Å²) in [6, 6.07) is 7.10. The van der Waals surface area contributed by atoms with Crippen molar-refractivity contribution in [2.45, 2.75) is 19.8 Å². The number of amides is 2. The van der Waals surface area contributed by atoms with Gasteiger partial charge in [-0.25, -0.2) is 4.79 Å². The Labute approximate surface area is 124 Å². The number of rotatable bonds is 8. The number of benzene rings is 1. The molecular formula is C15H22N2O4. The molecule has 0 aromatic heterocycles. The fourth-order valence-corrected chi connectivity index (χ4v) is 1.86. The van der Waals surface area contributed by atoms with Gasteiger partial charge in [0, 0.05) is 19.3 Å². The lowest BCUT2D eigenvalue weighted by Gasteiger charge is -2.20. The quantitative estimate of drug-likeness (QED) is 0.770. The largest absolute Gasteiger partial charge is 0.480 e. The summed E-state index contributed by atoms with van der Waals surface area (Å²) in [5, 5.41) is 11.5. The summed E-state index contributed by atoms with van der Waals surface area (Å²) in [7, 11) is 1.50. The Balaban J connectivity index is 2.64. The number of nitrogens with zero attached hydrogens (tertiary/aromatic N) is 1. The molecule has 1 aromatic carbocycles. The van der Waals surface area contributed by atoms with Crippen LogP contribution < -0.4 is 5.32 Å². The zero-order chi connectivity index (χ0) is 15.7. The molecule has 0 spiro atoms. The molecule has 21 heavy (non-hydrogen) atoms. The molecule has 2 amide bonds. The molecule has 0 atom stereocenters. The maximum Gasteiger partial charge on any atom is 0.323 e. The highest BCUT2D eigenvalue weighted by molar-refractivity contribution is 5.91. The lowest BCUT2D eigenvalue weighted by atomic mass is 10.1. The van der Waals surface area contributed by atoms with Gasteiger partial charge in [0.2, 0.25) is 0 Å². The maximum absolute atomic E-state index is 12.1. The molecule has 0 fully saturated rings. The average molecular weight is 294 g/mol. The molecule has 0 saturated heterocycles. The second-order valence-electron chi connectivity index (χ2n) is 4.69. The van der Waals surface area contributed by atoms with E-state index in [0.717, 1.165) is 12.8 Å². The summed E-state index contributed by atoms with van der Waals surface area (Å²) >= 11 is 0. The van der Waals surface area contributed by atoms with Crippen molar-refractivity contribution in [1.29, 1.82) is 0 Å². The number of hydrogen-bond acceptors (Lipinski definition) is 3. The van der Waals surface area contributed by atoms with Crippen LogP contribution in [0.2, 0.25) is 0 Å². The van der Waals surface area contributed by atoms with E-state index in [-0.39, 0.29) is 19.7 Å². The van der Waals surface area contributed by atoms with Gasteiger partial charge in [-0.3, -0.25) is 4.79 Å². The molecule has 0 heterocycles. The first-order chi connectivity index (χ1) is 10.1. The molecule has 6 nitrogen and oxygen atoms in total. The van der Waals surface area contributed by atoms with E-state index in [0.29, 0.717) is 5.69 Å². The van der Waals surface area contributed by atoms with Gasteiger partial charge in [-0.05, 0) is 24.1 Å². The molecule has 1 aromatic rings. The van der Waals surface area contributed by atoms with Gasteiger partial charge in [0.05, 0.1) is 6.61 Å². The highest BCUT2D eigenvalue weighted by Gasteiger charge is 2.16. The highest BCUT2D eigenvalue weighted by Crippen LogP contribution is 2.11. The molecule has 0 unspecified atom stereocenters. The predicted octanol–water partition coefficient (Wildman–Crippen LogP) is 2.20. The second-order valence-corrected chi connectivity index (χ2v) is 4.69. The smallest absolute Gasteiger partial charge is 0.323 e. The van der Waals surface area contributed by atoms with Gasteiger partial charge in [0.1, 0.15) is 6.54 Å². The summed E-state index contributed by atoms with van der Waals surface area (Å²) in [5.41, 5.74) is 1.85. The Morgan fingerprint density at radius 2 is 1.95 bits per heavy atom. The summed E-state index contributed by atoms with van der Waals surface area (Å²) in [6.45, 7) is 2.26. The topological polar surface area (TPSA) is 78.9 Å². The van der Waals surface area contributed by atoms with Crippen LogP contribution in [-0.4, -0.2) is 48.8 Å². The van der Waals surface area contributed by atoms with E-state index < -0.39 is 12.0 Å². The van der Waals surface area contributed by atoms with Crippen LogP contribution >= 0.6 is 0 Å². The van der Waals surface area contributed by atoms with E-state index in [1.807, 2.05) is 24.3 Å². The van der Waals surface area contributed by atoms with E-state index in [9.17, 15) is 9.59 Å². The van der Waals surface area contributed by atoms with Gasteiger partial charge < -0.3 is 20.1 Å². The van der Waals surface area contributed by atoms with E-state index in [1.54, 1.807) is 0 Å². The molecule has 116 valence electrons. The number of carboxylic acids is 1. The van der Waals surface area contributed by atoms with E-state index in [1.165, 1.54) is 17.6 Å². The van der Waals surface area contributed by atoms with Gasteiger partial charge in [-0.2, -0.15) is 0 Å². The third kappa shape index (κ3) is 6.27. The minimum absolute atomic E-state index is 0.225. The molecule has 0 aliphatic heterocycles. The number of nitrogens with one attached hydrogen (secondary N) is 1. The van der Waals surface area contributed by atoms with E-state index >= 15 is 0 Å². The van der Waals surface area contributed by atoms with Gasteiger partial charge in [0.25, 0.3) is 0 Å². The van der Waals surface area contributed by atoms with Crippen molar-refractivity contribution in [3.63, 3.8) is 0 Å². The maximum atomic E-state index is 12.1. The molecule has 0 aliphatic carbocycles. The van der Waals surface area contributed by atoms with Gasteiger partial charge in [0.15, 0.2) is 0 Å². The van der Waals surface area contributed by atoms with Crippen molar-refractivity contribution in [3.05, 3.63) is 29.8 Å². The minimum atomic E-state index is -1.06. The fourth-order valence-electron chi connectivity index (χ4n) is 1.86. The van der Waals surface area contributed by atoms with Crippen molar-refractivity contribution in [2.75, 3.05) is 32.1 Å². The molecule has 6 heteroatoms. The first-order valence-corrected chi connectivity index (χ1v) is 6.92. The Morgan fingerprint density at radius 1 is 1.29 bits per heavy atom. The number of methoxy groups -OCH3 is 1. The molecule has 0 aliphatic rings. The number of carboxylic acid groups (broad SMARTS) is 1. The zero-order valence-corrected chi connectivity index (χ0v) is 12.5. The molecular weight excluding hydrogens is 272 g/mol. The van der Waals surface area contributed by atoms with Crippen LogP contribution in [0.4, 0.5) is 10.5 Å². The van der Waals surface area contributed by atoms with Crippen LogP contribution in [0.25, 0.3) is 0 Å². The number of hydrogen-bond donors (Lipinski definition) is 2. The Bertz CT molecular complexity index is 459. The van der Waals surface area contributed by atoms with Gasteiger partial charge >= 0.3 is 12.0 Å². The van der Waals surface area contributed by atoms with Crippen molar-refractivity contribution in [1.82, 2.24) is 4.90 Å². The van der Waals surface area contributed by atoms with Crippen molar-refractivity contribution >= 4 is 17.7 Å². The van der Waals surface area contributed by atoms with Crippen LogP contribution in [0, 0.1) is 0 Å². The molecule has 2 N–H and O–H groups in total. The first kappa shape index (κ1) is 17.0.